The zero-order valence-corrected chi connectivity index (χ0v) is 17.1. The Balaban J connectivity index is 1.83. The molecule has 0 amide bonds. The SMILES string of the molecule is CC(C)OCCCn1c(NN=C2CCCCCCC2)nc2ccccc2c1=O. The van der Waals surface area contributed by atoms with Crippen LogP contribution < -0.4 is 11.0 Å². The van der Waals surface area contributed by atoms with E-state index in [9.17, 15) is 4.79 Å². The summed E-state index contributed by atoms with van der Waals surface area (Å²) in [5.74, 6) is 0.516. The Hall–Kier alpha value is -2.21. The van der Waals surface area contributed by atoms with Crippen molar-refractivity contribution in [1.29, 1.82) is 0 Å². The fourth-order valence-corrected chi connectivity index (χ4v) is 3.56. The number of hydrogen-bond donors (Lipinski definition) is 1. The highest BCUT2D eigenvalue weighted by Crippen LogP contribution is 2.16. The van der Waals surface area contributed by atoms with Gasteiger partial charge in [0.15, 0.2) is 0 Å². The topological polar surface area (TPSA) is 68.5 Å². The summed E-state index contributed by atoms with van der Waals surface area (Å²) in [5.41, 5.74) is 4.96. The lowest BCUT2D eigenvalue weighted by Crippen LogP contribution is -2.25. The van der Waals surface area contributed by atoms with E-state index in [0.717, 1.165) is 19.3 Å². The van der Waals surface area contributed by atoms with Gasteiger partial charge in [-0.3, -0.25) is 9.36 Å². The van der Waals surface area contributed by atoms with Gasteiger partial charge in [0.2, 0.25) is 5.95 Å². The van der Waals surface area contributed by atoms with E-state index in [2.05, 4.69) is 15.5 Å². The van der Waals surface area contributed by atoms with Crippen LogP contribution in [0.25, 0.3) is 10.9 Å². The van der Waals surface area contributed by atoms with Crippen molar-refractivity contribution in [3.05, 3.63) is 34.6 Å². The Labute approximate surface area is 167 Å². The molecule has 28 heavy (non-hydrogen) atoms. The molecule has 0 aliphatic heterocycles. The summed E-state index contributed by atoms with van der Waals surface area (Å²) in [6.07, 6.45) is 9.22. The molecule has 1 fully saturated rings. The maximum atomic E-state index is 13.0. The fourth-order valence-electron chi connectivity index (χ4n) is 3.56. The number of para-hydroxylation sites is 1. The Morgan fingerprint density at radius 3 is 2.61 bits per heavy atom. The third-order valence-corrected chi connectivity index (χ3v) is 5.08. The molecule has 152 valence electrons. The lowest BCUT2D eigenvalue weighted by atomic mass is 9.99. The number of rotatable bonds is 7. The van der Waals surface area contributed by atoms with Gasteiger partial charge in [-0.25, -0.2) is 10.4 Å². The van der Waals surface area contributed by atoms with E-state index in [1.54, 1.807) is 4.57 Å². The number of nitrogens with zero attached hydrogens (tertiary/aromatic N) is 3. The van der Waals surface area contributed by atoms with Gasteiger partial charge in [0.25, 0.3) is 5.56 Å². The van der Waals surface area contributed by atoms with E-state index < -0.39 is 0 Å². The molecule has 0 unspecified atom stereocenters. The molecule has 1 aliphatic carbocycles. The number of nitrogens with one attached hydrogen (secondary N) is 1. The molecule has 2 aromatic rings. The maximum Gasteiger partial charge on any atom is 0.262 e. The smallest absolute Gasteiger partial charge is 0.262 e. The van der Waals surface area contributed by atoms with Crippen LogP contribution in [-0.4, -0.2) is 28.0 Å². The Morgan fingerprint density at radius 1 is 1.14 bits per heavy atom. The molecule has 3 rings (SSSR count). The molecule has 0 spiro atoms. The van der Waals surface area contributed by atoms with Crippen molar-refractivity contribution in [3.63, 3.8) is 0 Å². The first-order chi connectivity index (χ1) is 13.6. The van der Waals surface area contributed by atoms with Gasteiger partial charge in [0.05, 0.1) is 17.0 Å². The second-order valence-corrected chi connectivity index (χ2v) is 7.74. The van der Waals surface area contributed by atoms with Crippen molar-refractivity contribution in [2.24, 2.45) is 5.10 Å². The lowest BCUT2D eigenvalue weighted by Gasteiger charge is -2.15. The number of benzene rings is 1. The van der Waals surface area contributed by atoms with Gasteiger partial charge in [-0.05, 0) is 58.1 Å². The number of ether oxygens (including phenoxy) is 1. The van der Waals surface area contributed by atoms with Gasteiger partial charge in [0, 0.05) is 18.9 Å². The number of hydrazone groups is 1. The first kappa shape index (κ1) is 20.5. The van der Waals surface area contributed by atoms with Gasteiger partial charge < -0.3 is 4.74 Å². The van der Waals surface area contributed by atoms with Crippen LogP contribution in [0.15, 0.2) is 34.2 Å². The highest BCUT2D eigenvalue weighted by atomic mass is 16.5. The zero-order chi connectivity index (χ0) is 19.8. The molecule has 1 aromatic heterocycles. The minimum atomic E-state index is -0.0319. The molecule has 0 saturated heterocycles. The van der Waals surface area contributed by atoms with Crippen LogP contribution >= 0.6 is 0 Å². The Morgan fingerprint density at radius 2 is 1.86 bits per heavy atom. The van der Waals surface area contributed by atoms with Gasteiger partial charge in [0.1, 0.15) is 0 Å². The highest BCUT2D eigenvalue weighted by molar-refractivity contribution is 5.85. The summed E-state index contributed by atoms with van der Waals surface area (Å²) < 4.78 is 7.32. The Bertz CT molecular complexity index is 847. The number of hydrogen-bond acceptors (Lipinski definition) is 5. The van der Waals surface area contributed by atoms with E-state index in [1.807, 2.05) is 38.1 Å². The summed E-state index contributed by atoms with van der Waals surface area (Å²) in [5, 5.41) is 5.27. The van der Waals surface area contributed by atoms with Gasteiger partial charge in [-0.15, -0.1) is 0 Å². The summed E-state index contributed by atoms with van der Waals surface area (Å²) in [4.78, 5) is 17.7. The molecule has 0 bridgehead atoms. The van der Waals surface area contributed by atoms with Gasteiger partial charge in [-0.2, -0.15) is 5.10 Å². The molecule has 1 N–H and O–H groups in total. The van der Waals surface area contributed by atoms with Crippen LogP contribution in [-0.2, 0) is 11.3 Å². The van der Waals surface area contributed by atoms with Crippen molar-refractivity contribution < 1.29 is 4.74 Å². The standard InChI is InChI=1S/C22H32N4O2/c1-17(2)28-16-10-15-26-21(27)19-13-8-9-14-20(19)23-22(26)25-24-18-11-6-4-3-5-7-12-18/h8-9,13-14,17H,3-7,10-12,15-16H2,1-2H3,(H,23,25). The van der Waals surface area contributed by atoms with Crippen LogP contribution in [0.3, 0.4) is 0 Å². The molecular formula is C22H32N4O2. The average molecular weight is 385 g/mol. The normalized spacial score (nSPS) is 15.5. The van der Waals surface area contributed by atoms with E-state index >= 15 is 0 Å². The largest absolute Gasteiger partial charge is 0.379 e. The van der Waals surface area contributed by atoms with Gasteiger partial charge in [-0.1, -0.05) is 31.4 Å². The summed E-state index contributed by atoms with van der Waals surface area (Å²) in [6.45, 7) is 5.20. The average Bonchev–Trinajstić information content (AvgIpc) is 2.66. The molecule has 1 aliphatic rings. The second-order valence-electron chi connectivity index (χ2n) is 7.74. The first-order valence-corrected chi connectivity index (χ1v) is 10.6. The molecule has 1 saturated carbocycles. The van der Waals surface area contributed by atoms with E-state index in [1.165, 1.54) is 37.8 Å². The fraction of sp³-hybridized carbons (Fsp3) is 0.591. The lowest BCUT2D eigenvalue weighted by molar-refractivity contribution is 0.0748. The number of fused-ring (bicyclic) bond motifs is 1. The summed E-state index contributed by atoms with van der Waals surface area (Å²) in [6, 6.07) is 7.48. The first-order valence-electron chi connectivity index (χ1n) is 10.6. The third-order valence-electron chi connectivity index (χ3n) is 5.08. The number of anilines is 1. The monoisotopic (exact) mass is 384 g/mol. The van der Waals surface area contributed by atoms with E-state index in [-0.39, 0.29) is 11.7 Å². The summed E-state index contributed by atoms with van der Waals surface area (Å²) >= 11 is 0. The minimum absolute atomic E-state index is 0.0319. The van der Waals surface area contributed by atoms with Crippen molar-refractivity contribution >= 4 is 22.6 Å². The second kappa shape index (κ2) is 10.4. The predicted octanol–water partition coefficient (Wildman–Crippen LogP) is 4.72. The molecule has 6 nitrogen and oxygen atoms in total. The molecule has 0 atom stereocenters. The third kappa shape index (κ3) is 5.64. The van der Waals surface area contributed by atoms with Crippen LogP contribution in [0.1, 0.15) is 65.2 Å². The Kier molecular flexibility index (Phi) is 7.60. The van der Waals surface area contributed by atoms with Gasteiger partial charge >= 0.3 is 0 Å². The summed E-state index contributed by atoms with van der Waals surface area (Å²) in [7, 11) is 0. The van der Waals surface area contributed by atoms with E-state index in [4.69, 9.17) is 4.74 Å². The quantitative estimate of drug-likeness (QED) is 0.554. The maximum absolute atomic E-state index is 13.0. The van der Waals surface area contributed by atoms with Crippen molar-refractivity contribution in [1.82, 2.24) is 9.55 Å². The van der Waals surface area contributed by atoms with Crippen LogP contribution in [0.4, 0.5) is 5.95 Å². The molecular weight excluding hydrogens is 352 g/mol. The van der Waals surface area contributed by atoms with Crippen LogP contribution in [0.2, 0.25) is 0 Å². The minimum Gasteiger partial charge on any atom is -0.379 e. The molecule has 0 radical (unpaired) electrons. The van der Waals surface area contributed by atoms with Crippen molar-refractivity contribution in [3.8, 4) is 0 Å². The van der Waals surface area contributed by atoms with E-state index in [0.29, 0.717) is 30.0 Å². The number of aromatic nitrogens is 2. The highest BCUT2D eigenvalue weighted by Gasteiger charge is 2.11. The van der Waals surface area contributed by atoms with Crippen molar-refractivity contribution in [2.45, 2.75) is 77.9 Å². The predicted molar refractivity (Wildman–Crippen MR) is 115 cm³/mol. The van der Waals surface area contributed by atoms with Crippen LogP contribution in [0, 0.1) is 0 Å². The molecule has 6 heteroatoms. The van der Waals surface area contributed by atoms with Crippen molar-refractivity contribution in [2.75, 3.05) is 12.0 Å². The molecule has 1 heterocycles. The zero-order valence-electron chi connectivity index (χ0n) is 17.1. The molecule has 1 aromatic carbocycles. The van der Waals surface area contributed by atoms with Crippen LogP contribution in [0.5, 0.6) is 0 Å².